The van der Waals surface area contributed by atoms with Crippen molar-refractivity contribution < 1.29 is 19.0 Å². The Morgan fingerprint density at radius 2 is 2.00 bits per heavy atom. The second-order valence-corrected chi connectivity index (χ2v) is 6.02. The summed E-state index contributed by atoms with van der Waals surface area (Å²) >= 11 is 0. The number of hydrazone groups is 1. The Bertz CT molecular complexity index is 749. The van der Waals surface area contributed by atoms with Gasteiger partial charge in [0.05, 0.1) is 13.2 Å². The molecule has 0 fully saturated rings. The Balaban J connectivity index is 1.93. The molecular weight excluding hydrogens is 320 g/mol. The number of amides is 1. The maximum atomic E-state index is 12.0. The molecule has 2 unspecified atom stereocenters. The molecule has 0 N–H and O–H groups in total. The lowest BCUT2D eigenvalue weighted by Crippen LogP contribution is -2.25. The van der Waals surface area contributed by atoms with Gasteiger partial charge in [-0.2, -0.15) is 5.01 Å². The van der Waals surface area contributed by atoms with E-state index in [4.69, 9.17) is 14.2 Å². The number of hydrogen-bond donors (Lipinski definition) is 0. The first kappa shape index (κ1) is 17.2. The zero-order valence-electron chi connectivity index (χ0n) is 14.9. The van der Waals surface area contributed by atoms with Crippen LogP contribution in [-0.2, 0) is 19.0 Å². The van der Waals surface area contributed by atoms with Crippen molar-refractivity contribution in [2.24, 2.45) is 5.10 Å². The maximum Gasteiger partial charge on any atom is 0.243 e. The predicted octanol–water partition coefficient (Wildman–Crippen LogP) is 3.06. The molecule has 2 atom stereocenters. The molecule has 132 valence electrons. The largest absolute Gasteiger partial charge is 0.497 e. The molecule has 25 heavy (non-hydrogen) atoms. The van der Waals surface area contributed by atoms with Crippen LogP contribution in [-0.4, -0.2) is 37.1 Å². The Morgan fingerprint density at radius 1 is 1.28 bits per heavy atom. The van der Waals surface area contributed by atoms with Gasteiger partial charge >= 0.3 is 0 Å². The molecule has 0 spiro atoms. The van der Waals surface area contributed by atoms with Crippen LogP contribution in [0.1, 0.15) is 30.7 Å². The number of aryl methyl sites for hydroxylation is 1. The van der Waals surface area contributed by atoms with Crippen LogP contribution < -0.4 is 0 Å². The van der Waals surface area contributed by atoms with E-state index in [9.17, 15) is 4.79 Å². The van der Waals surface area contributed by atoms with Crippen LogP contribution in [0.3, 0.4) is 0 Å². The van der Waals surface area contributed by atoms with E-state index in [0.29, 0.717) is 12.3 Å². The van der Waals surface area contributed by atoms with Crippen LogP contribution in [0.4, 0.5) is 0 Å². The van der Waals surface area contributed by atoms with E-state index >= 15 is 0 Å². The van der Waals surface area contributed by atoms with Crippen molar-refractivity contribution in [3.8, 4) is 0 Å². The van der Waals surface area contributed by atoms with E-state index in [2.05, 4.69) is 5.10 Å². The van der Waals surface area contributed by atoms with Crippen LogP contribution >= 0.6 is 0 Å². The molecule has 2 aliphatic rings. The molecule has 3 rings (SSSR count). The smallest absolute Gasteiger partial charge is 0.243 e. The van der Waals surface area contributed by atoms with E-state index < -0.39 is 6.23 Å². The molecule has 1 aromatic rings. The zero-order chi connectivity index (χ0) is 18.0. The minimum atomic E-state index is -0.580. The lowest BCUT2D eigenvalue weighted by Gasteiger charge is -2.22. The van der Waals surface area contributed by atoms with E-state index in [1.54, 1.807) is 14.2 Å². The van der Waals surface area contributed by atoms with Gasteiger partial charge in [0.25, 0.3) is 0 Å². The van der Waals surface area contributed by atoms with Crippen molar-refractivity contribution >= 4 is 11.8 Å². The number of nitrogens with zero attached hydrogens (tertiary/aromatic N) is 2. The fraction of sp³-hybridized carbons (Fsp3) is 0.368. The SMILES string of the molecule is COC1=CCC(OC)C(C2=NN(C(C)=O)C(c3ccc(C)cc3)O2)=C1. The van der Waals surface area contributed by atoms with Crippen molar-refractivity contribution in [3.05, 3.63) is 58.9 Å². The van der Waals surface area contributed by atoms with Gasteiger partial charge in [-0.3, -0.25) is 4.79 Å². The van der Waals surface area contributed by atoms with Gasteiger partial charge < -0.3 is 14.2 Å². The lowest BCUT2D eigenvalue weighted by molar-refractivity contribution is -0.135. The van der Waals surface area contributed by atoms with Gasteiger partial charge in [-0.05, 0) is 25.5 Å². The number of allylic oxidation sites excluding steroid dienone is 1. The normalized spacial score (nSPS) is 22.7. The Morgan fingerprint density at radius 3 is 2.60 bits per heavy atom. The van der Waals surface area contributed by atoms with Crippen LogP contribution in [0.15, 0.2) is 52.9 Å². The monoisotopic (exact) mass is 342 g/mol. The molecule has 0 radical (unpaired) electrons. The quantitative estimate of drug-likeness (QED) is 0.844. The maximum absolute atomic E-state index is 12.0. The van der Waals surface area contributed by atoms with Crippen molar-refractivity contribution in [2.75, 3.05) is 14.2 Å². The van der Waals surface area contributed by atoms with Crippen molar-refractivity contribution in [1.29, 1.82) is 0 Å². The average molecular weight is 342 g/mol. The molecule has 1 aromatic carbocycles. The first-order valence-electron chi connectivity index (χ1n) is 8.14. The Hall–Kier alpha value is -2.60. The number of carbonyl (C=O) groups excluding carboxylic acids is 1. The molecule has 6 heteroatoms. The van der Waals surface area contributed by atoms with Crippen LogP contribution in [0, 0.1) is 6.92 Å². The summed E-state index contributed by atoms with van der Waals surface area (Å²) in [5.41, 5.74) is 2.77. The zero-order valence-corrected chi connectivity index (χ0v) is 14.9. The first-order chi connectivity index (χ1) is 12.0. The number of ether oxygens (including phenoxy) is 3. The van der Waals surface area contributed by atoms with Gasteiger partial charge in [0.15, 0.2) is 0 Å². The third-order valence-electron chi connectivity index (χ3n) is 4.27. The first-order valence-corrected chi connectivity index (χ1v) is 8.14. The highest BCUT2D eigenvalue weighted by molar-refractivity contribution is 5.97. The van der Waals surface area contributed by atoms with Gasteiger partial charge in [0.2, 0.25) is 18.0 Å². The Labute approximate surface area is 147 Å². The van der Waals surface area contributed by atoms with Gasteiger partial charge in [-0.1, -0.05) is 29.8 Å². The summed E-state index contributed by atoms with van der Waals surface area (Å²) in [7, 11) is 3.25. The van der Waals surface area contributed by atoms with Crippen molar-refractivity contribution in [1.82, 2.24) is 5.01 Å². The minimum absolute atomic E-state index is 0.187. The molecule has 1 heterocycles. The number of hydrogen-bond acceptors (Lipinski definition) is 5. The predicted molar refractivity (Wildman–Crippen MR) is 93.5 cm³/mol. The summed E-state index contributed by atoms with van der Waals surface area (Å²) in [6.45, 7) is 3.49. The highest BCUT2D eigenvalue weighted by Crippen LogP contribution is 2.33. The molecule has 0 saturated heterocycles. The molecule has 0 bridgehead atoms. The van der Waals surface area contributed by atoms with Crippen LogP contribution in [0.25, 0.3) is 0 Å². The fourth-order valence-electron chi connectivity index (χ4n) is 2.85. The molecule has 0 saturated carbocycles. The highest BCUT2D eigenvalue weighted by Gasteiger charge is 2.36. The van der Waals surface area contributed by atoms with Crippen molar-refractivity contribution in [2.45, 2.75) is 32.6 Å². The second kappa shape index (κ2) is 7.11. The van der Waals surface area contributed by atoms with Crippen LogP contribution in [0.5, 0.6) is 0 Å². The van der Waals surface area contributed by atoms with E-state index in [1.165, 1.54) is 11.9 Å². The van der Waals surface area contributed by atoms with E-state index in [0.717, 1.165) is 22.5 Å². The summed E-state index contributed by atoms with van der Waals surface area (Å²) in [6.07, 6.45) is 3.68. The summed E-state index contributed by atoms with van der Waals surface area (Å²) in [4.78, 5) is 12.0. The fourth-order valence-corrected chi connectivity index (χ4v) is 2.85. The van der Waals surface area contributed by atoms with E-state index in [1.807, 2.05) is 43.3 Å². The third-order valence-corrected chi connectivity index (χ3v) is 4.27. The third kappa shape index (κ3) is 3.44. The summed E-state index contributed by atoms with van der Waals surface area (Å²) in [5.74, 6) is 0.923. The average Bonchev–Trinajstić information content (AvgIpc) is 3.07. The molecule has 6 nitrogen and oxygen atoms in total. The molecule has 1 aliphatic heterocycles. The summed E-state index contributed by atoms with van der Waals surface area (Å²) in [5, 5.41) is 5.77. The van der Waals surface area contributed by atoms with Gasteiger partial charge in [0, 0.05) is 25.2 Å². The number of carbonyl (C=O) groups is 1. The molecule has 1 aliphatic carbocycles. The van der Waals surface area contributed by atoms with E-state index in [-0.39, 0.29) is 12.0 Å². The topological polar surface area (TPSA) is 60.4 Å². The lowest BCUT2D eigenvalue weighted by atomic mass is 10.0. The Kier molecular flexibility index (Phi) is 4.90. The molecule has 0 aromatic heterocycles. The summed E-state index contributed by atoms with van der Waals surface area (Å²) in [6, 6.07) is 7.85. The standard InChI is InChI=1S/C19H22N2O4/c1-12-5-7-14(8-6-12)19-21(13(2)22)20-18(25-19)16-11-15(23-3)9-10-17(16)24-4/h5-9,11,17,19H,10H2,1-4H3. The minimum Gasteiger partial charge on any atom is -0.497 e. The van der Waals surface area contributed by atoms with Crippen LogP contribution in [0.2, 0.25) is 0 Å². The van der Waals surface area contributed by atoms with Gasteiger partial charge in [-0.15, -0.1) is 5.10 Å². The van der Waals surface area contributed by atoms with Gasteiger partial charge in [-0.25, -0.2) is 0 Å². The molecule has 1 amide bonds. The number of methoxy groups -OCH3 is 2. The van der Waals surface area contributed by atoms with Crippen molar-refractivity contribution in [3.63, 3.8) is 0 Å². The summed E-state index contributed by atoms with van der Waals surface area (Å²) < 4.78 is 16.9. The van der Waals surface area contributed by atoms with Gasteiger partial charge in [0.1, 0.15) is 5.76 Å². The number of rotatable bonds is 4. The second-order valence-electron chi connectivity index (χ2n) is 6.02. The highest BCUT2D eigenvalue weighted by atomic mass is 16.5. The number of benzene rings is 1. The molecular formula is C19H22N2O4.